The topological polar surface area (TPSA) is 166 Å². The number of aliphatic imine (C=N–C) groups is 2. The summed E-state index contributed by atoms with van der Waals surface area (Å²) in [5, 5.41) is 15.5. The van der Waals surface area contributed by atoms with E-state index >= 15 is 0 Å². The van der Waals surface area contributed by atoms with Gasteiger partial charge in [0, 0.05) is 27.2 Å². The van der Waals surface area contributed by atoms with E-state index in [4.69, 9.17) is 16.8 Å². The number of hydrogen-bond donors (Lipinski definition) is 5. The maximum absolute atomic E-state index is 9.08. The molecular formula is C19H33N11O. The van der Waals surface area contributed by atoms with Crippen molar-refractivity contribution in [1.82, 2.24) is 20.3 Å². The molecule has 1 saturated heterocycles. The van der Waals surface area contributed by atoms with Gasteiger partial charge in [0.2, 0.25) is 11.7 Å². The predicted molar refractivity (Wildman–Crippen MR) is 123 cm³/mol. The van der Waals surface area contributed by atoms with Crippen LogP contribution in [0, 0.1) is 5.92 Å². The second kappa shape index (κ2) is 10.4. The van der Waals surface area contributed by atoms with Crippen LogP contribution in [0.25, 0.3) is 0 Å². The molecule has 3 rings (SSSR count). The number of nitrogens with two attached hydrogens (primary N) is 2. The zero-order valence-electron chi connectivity index (χ0n) is 18.3. The summed E-state index contributed by atoms with van der Waals surface area (Å²) in [4.78, 5) is 21.6. The summed E-state index contributed by atoms with van der Waals surface area (Å²) in [5.41, 5.74) is 9.18. The maximum atomic E-state index is 9.08. The third-order valence-electron chi connectivity index (χ3n) is 5.98. The van der Waals surface area contributed by atoms with Crippen LogP contribution in [0.4, 0.5) is 17.3 Å². The van der Waals surface area contributed by atoms with Crippen LogP contribution in [0.3, 0.4) is 0 Å². The zero-order chi connectivity index (χ0) is 22.4. The van der Waals surface area contributed by atoms with Gasteiger partial charge in [0.25, 0.3) is 0 Å². The van der Waals surface area contributed by atoms with Crippen molar-refractivity contribution in [3.05, 3.63) is 5.82 Å². The molecule has 1 aromatic rings. The Labute approximate surface area is 182 Å². The van der Waals surface area contributed by atoms with Gasteiger partial charge in [-0.3, -0.25) is 9.89 Å². The Morgan fingerprint density at radius 1 is 1.32 bits per heavy atom. The van der Waals surface area contributed by atoms with Crippen LogP contribution < -0.4 is 27.2 Å². The molecule has 0 bridgehead atoms. The van der Waals surface area contributed by atoms with E-state index in [1.54, 1.807) is 7.05 Å². The summed E-state index contributed by atoms with van der Waals surface area (Å²) in [7, 11) is 3.69. The summed E-state index contributed by atoms with van der Waals surface area (Å²) >= 11 is 0. The highest BCUT2D eigenvalue weighted by molar-refractivity contribution is 5.95. The first-order valence-electron chi connectivity index (χ1n) is 10.5. The van der Waals surface area contributed by atoms with Gasteiger partial charge >= 0.3 is 0 Å². The van der Waals surface area contributed by atoms with Gasteiger partial charge in [-0.2, -0.15) is 0 Å². The number of rotatable bonds is 9. The largest absolute Gasteiger partial charge is 0.409 e. The van der Waals surface area contributed by atoms with Crippen molar-refractivity contribution in [1.29, 1.82) is 0 Å². The molecule has 0 spiro atoms. The molecule has 31 heavy (non-hydrogen) atoms. The van der Waals surface area contributed by atoms with Crippen LogP contribution in [0.5, 0.6) is 0 Å². The number of hydrogen-bond acceptors (Lipinski definition) is 10. The SMILES string of the molecule is C=Nc1nc(/C(N)=N/O)nc(NCC2CCC2)c1N(C)CN1CCC[C@H]1C(=NC)NN. The third-order valence-corrected chi connectivity index (χ3v) is 5.98. The summed E-state index contributed by atoms with van der Waals surface area (Å²) in [5.74, 6) is 7.92. The normalized spacial score (nSPS) is 20.4. The lowest BCUT2D eigenvalue weighted by molar-refractivity contribution is 0.302. The number of anilines is 2. The van der Waals surface area contributed by atoms with Crippen LogP contribution in [-0.4, -0.2) is 78.4 Å². The third kappa shape index (κ3) is 5.02. The molecule has 0 amide bonds. The van der Waals surface area contributed by atoms with Crippen molar-refractivity contribution in [3.63, 3.8) is 0 Å². The predicted octanol–water partition coefficient (Wildman–Crippen LogP) is 0.465. The first kappa shape index (κ1) is 22.7. The fraction of sp³-hybridized carbons (Fsp3) is 0.632. The molecule has 0 unspecified atom stereocenters. The van der Waals surface area contributed by atoms with Gasteiger partial charge in [0.15, 0.2) is 11.6 Å². The molecule has 1 saturated carbocycles. The van der Waals surface area contributed by atoms with Crippen LogP contribution >= 0.6 is 0 Å². The quantitative estimate of drug-likeness (QED) is 0.123. The highest BCUT2D eigenvalue weighted by Gasteiger charge is 2.31. The number of nitrogens with zero attached hydrogens (tertiary/aromatic N) is 7. The molecule has 1 aliphatic carbocycles. The average Bonchev–Trinajstić information content (AvgIpc) is 3.20. The number of aromatic nitrogens is 2. The summed E-state index contributed by atoms with van der Waals surface area (Å²) in [6, 6.07) is 0.112. The standard InChI is InChI=1S/C19H33N11O/c1-22-16(27-21)13-8-5-9-30(13)11-29(3)14-17(23-2)25-19(15(20)28-31)26-18(14)24-10-12-6-4-7-12/h12-13,31H,2,4-11,21H2,1,3H3,(H2,20,28)(H,22,27)(H,24,25,26)/t13-/m0/s1. The van der Waals surface area contributed by atoms with Gasteiger partial charge in [-0.05, 0) is 38.3 Å². The number of oxime groups is 1. The minimum Gasteiger partial charge on any atom is -0.409 e. The number of hydrazine groups is 1. The monoisotopic (exact) mass is 431 g/mol. The van der Waals surface area contributed by atoms with Gasteiger partial charge in [-0.15, -0.1) is 0 Å². The van der Waals surface area contributed by atoms with E-state index < -0.39 is 0 Å². The fourth-order valence-electron chi connectivity index (χ4n) is 4.08. The smallest absolute Gasteiger partial charge is 0.208 e. The Kier molecular flexibility index (Phi) is 7.58. The fourth-order valence-corrected chi connectivity index (χ4v) is 4.08. The van der Waals surface area contributed by atoms with Crippen LogP contribution in [0.2, 0.25) is 0 Å². The highest BCUT2D eigenvalue weighted by atomic mass is 16.4. The van der Waals surface area contributed by atoms with E-state index in [1.165, 1.54) is 19.3 Å². The molecule has 0 aromatic carbocycles. The van der Waals surface area contributed by atoms with Crippen molar-refractivity contribution in [2.75, 3.05) is 44.1 Å². The van der Waals surface area contributed by atoms with Crippen LogP contribution in [0.15, 0.2) is 15.1 Å². The summed E-state index contributed by atoms with van der Waals surface area (Å²) in [6.45, 7) is 5.97. The highest BCUT2D eigenvalue weighted by Crippen LogP contribution is 2.35. The lowest BCUT2D eigenvalue weighted by atomic mass is 9.85. The molecule has 2 aliphatic rings. The summed E-state index contributed by atoms with van der Waals surface area (Å²) < 4.78 is 0. The van der Waals surface area contributed by atoms with Crippen molar-refractivity contribution in [2.45, 2.75) is 38.1 Å². The molecule has 2 fully saturated rings. The zero-order valence-corrected chi connectivity index (χ0v) is 18.3. The first-order chi connectivity index (χ1) is 15.0. The minimum atomic E-state index is -0.178. The van der Waals surface area contributed by atoms with Gasteiger partial charge in [0.1, 0.15) is 11.5 Å². The lowest BCUT2D eigenvalue weighted by Crippen LogP contribution is -2.49. The Morgan fingerprint density at radius 3 is 2.68 bits per heavy atom. The van der Waals surface area contributed by atoms with Gasteiger partial charge in [-0.1, -0.05) is 11.6 Å². The van der Waals surface area contributed by atoms with E-state index in [2.05, 4.69) is 47.5 Å². The number of amidine groups is 2. The first-order valence-corrected chi connectivity index (χ1v) is 10.5. The summed E-state index contributed by atoms with van der Waals surface area (Å²) in [6.07, 6.45) is 5.68. The Hall–Kier alpha value is -2.99. The molecule has 170 valence electrons. The van der Waals surface area contributed by atoms with Gasteiger partial charge in [0.05, 0.1) is 12.7 Å². The molecule has 7 N–H and O–H groups in total. The van der Waals surface area contributed by atoms with E-state index in [0.717, 1.165) is 31.8 Å². The molecule has 0 radical (unpaired) electrons. The molecular weight excluding hydrogens is 398 g/mol. The molecule has 1 aromatic heterocycles. The second-order valence-corrected chi connectivity index (χ2v) is 7.95. The van der Waals surface area contributed by atoms with E-state index in [1.807, 2.05) is 11.9 Å². The van der Waals surface area contributed by atoms with Crippen molar-refractivity contribution >= 4 is 35.7 Å². The van der Waals surface area contributed by atoms with Crippen LogP contribution in [0.1, 0.15) is 37.9 Å². The molecule has 2 heterocycles. The maximum Gasteiger partial charge on any atom is 0.208 e. The van der Waals surface area contributed by atoms with Crippen molar-refractivity contribution in [2.24, 2.45) is 32.6 Å². The minimum absolute atomic E-state index is 0.102. The van der Waals surface area contributed by atoms with E-state index in [-0.39, 0.29) is 17.7 Å². The Bertz CT molecular complexity index is 836. The number of nitrogens with one attached hydrogen (secondary N) is 2. The molecule has 1 atom stereocenters. The molecule has 1 aliphatic heterocycles. The lowest BCUT2D eigenvalue weighted by Gasteiger charge is -2.32. The van der Waals surface area contributed by atoms with Crippen molar-refractivity contribution < 1.29 is 5.21 Å². The number of likely N-dealkylation sites (tertiary alicyclic amines) is 1. The second-order valence-electron chi connectivity index (χ2n) is 7.95. The Morgan fingerprint density at radius 2 is 2.10 bits per heavy atom. The molecule has 12 heteroatoms. The van der Waals surface area contributed by atoms with E-state index in [0.29, 0.717) is 29.9 Å². The van der Waals surface area contributed by atoms with Gasteiger partial charge in [-0.25, -0.2) is 20.8 Å². The van der Waals surface area contributed by atoms with E-state index in [9.17, 15) is 0 Å². The Balaban J connectivity index is 1.90. The molecule has 12 nitrogen and oxygen atoms in total. The average molecular weight is 432 g/mol. The van der Waals surface area contributed by atoms with Crippen LogP contribution in [-0.2, 0) is 0 Å². The van der Waals surface area contributed by atoms with Gasteiger partial charge < -0.3 is 26.6 Å². The van der Waals surface area contributed by atoms with Crippen molar-refractivity contribution in [3.8, 4) is 0 Å².